The minimum atomic E-state index is 0.382. The minimum absolute atomic E-state index is 0.382. The number of hydrogen-bond acceptors (Lipinski definition) is 4. The minimum Gasteiger partial charge on any atom is -0.379 e. The van der Waals surface area contributed by atoms with Crippen molar-refractivity contribution in [1.82, 2.24) is 9.97 Å². The molecule has 1 aliphatic heterocycles. The normalized spacial score (nSPS) is 22.5. The van der Waals surface area contributed by atoms with Crippen molar-refractivity contribution < 1.29 is 4.74 Å². The molecule has 2 heterocycles. The van der Waals surface area contributed by atoms with Gasteiger partial charge in [0.1, 0.15) is 0 Å². The number of rotatable bonds is 2. The van der Waals surface area contributed by atoms with Crippen LogP contribution in [0.25, 0.3) is 0 Å². The van der Waals surface area contributed by atoms with Crippen LogP contribution in [-0.2, 0) is 4.74 Å². The highest BCUT2D eigenvalue weighted by molar-refractivity contribution is 5.24. The molecule has 0 saturated carbocycles. The number of nitrogens with zero attached hydrogens (tertiary/aromatic N) is 2. The Morgan fingerprint density at radius 3 is 2.92 bits per heavy atom. The Bertz CT molecular complexity index is 233. The van der Waals surface area contributed by atoms with E-state index in [1.807, 2.05) is 0 Å². The summed E-state index contributed by atoms with van der Waals surface area (Å²) in [5.74, 6) is 0.688. The molecule has 0 unspecified atom stereocenters. The molecule has 1 aromatic rings. The third-order valence-corrected chi connectivity index (χ3v) is 1.83. The molecule has 4 heteroatoms. The largest absolute Gasteiger partial charge is 0.379 e. The molecule has 1 N–H and O–H groups in total. The van der Waals surface area contributed by atoms with Crippen molar-refractivity contribution in [3.05, 3.63) is 18.5 Å². The number of aromatic nitrogens is 2. The van der Waals surface area contributed by atoms with Crippen LogP contribution in [0.2, 0.25) is 0 Å². The van der Waals surface area contributed by atoms with Gasteiger partial charge in [-0.15, -0.1) is 0 Å². The summed E-state index contributed by atoms with van der Waals surface area (Å²) in [4.78, 5) is 8.13. The van der Waals surface area contributed by atoms with E-state index >= 15 is 0 Å². The quantitative estimate of drug-likeness (QED) is 0.700. The maximum atomic E-state index is 5.21. The average molecular weight is 165 g/mol. The molecule has 0 aromatic carbocycles. The SMILES string of the molecule is c1cnc(N[C@H]2CCOC2)nc1. The highest BCUT2D eigenvalue weighted by Crippen LogP contribution is 2.08. The van der Waals surface area contributed by atoms with Gasteiger partial charge in [-0.25, -0.2) is 9.97 Å². The van der Waals surface area contributed by atoms with E-state index in [2.05, 4.69) is 15.3 Å². The molecule has 2 rings (SSSR count). The molecule has 1 saturated heterocycles. The Labute approximate surface area is 71.0 Å². The first kappa shape index (κ1) is 7.49. The fourth-order valence-corrected chi connectivity index (χ4v) is 1.20. The van der Waals surface area contributed by atoms with Crippen molar-refractivity contribution >= 4 is 5.95 Å². The van der Waals surface area contributed by atoms with E-state index in [0.29, 0.717) is 12.0 Å². The van der Waals surface area contributed by atoms with Crippen LogP contribution in [0.5, 0.6) is 0 Å². The number of ether oxygens (including phenoxy) is 1. The van der Waals surface area contributed by atoms with Crippen molar-refractivity contribution in [3.8, 4) is 0 Å². The van der Waals surface area contributed by atoms with Crippen molar-refractivity contribution in [1.29, 1.82) is 0 Å². The van der Waals surface area contributed by atoms with E-state index in [1.165, 1.54) is 0 Å². The lowest BCUT2D eigenvalue weighted by atomic mass is 10.3. The topological polar surface area (TPSA) is 47.0 Å². The molecule has 0 aliphatic carbocycles. The zero-order valence-electron chi connectivity index (χ0n) is 6.73. The van der Waals surface area contributed by atoms with Crippen LogP contribution >= 0.6 is 0 Å². The van der Waals surface area contributed by atoms with Crippen LogP contribution in [0.4, 0.5) is 5.95 Å². The maximum Gasteiger partial charge on any atom is 0.222 e. The van der Waals surface area contributed by atoms with Gasteiger partial charge in [0, 0.05) is 19.0 Å². The lowest BCUT2D eigenvalue weighted by Gasteiger charge is -2.08. The molecule has 1 fully saturated rings. The van der Waals surface area contributed by atoms with Gasteiger partial charge in [-0.05, 0) is 12.5 Å². The molecule has 1 aliphatic rings. The van der Waals surface area contributed by atoms with E-state index in [1.54, 1.807) is 18.5 Å². The summed E-state index contributed by atoms with van der Waals surface area (Å²) in [5, 5.41) is 3.19. The molecule has 12 heavy (non-hydrogen) atoms. The third-order valence-electron chi connectivity index (χ3n) is 1.83. The first-order chi connectivity index (χ1) is 5.95. The van der Waals surface area contributed by atoms with E-state index in [-0.39, 0.29) is 0 Å². The van der Waals surface area contributed by atoms with Gasteiger partial charge in [-0.3, -0.25) is 0 Å². The smallest absolute Gasteiger partial charge is 0.222 e. The van der Waals surface area contributed by atoms with E-state index < -0.39 is 0 Å². The fourth-order valence-electron chi connectivity index (χ4n) is 1.20. The molecule has 0 spiro atoms. The van der Waals surface area contributed by atoms with E-state index in [0.717, 1.165) is 19.6 Å². The predicted octanol–water partition coefficient (Wildman–Crippen LogP) is 0.677. The summed E-state index contributed by atoms with van der Waals surface area (Å²) < 4.78 is 5.21. The van der Waals surface area contributed by atoms with Gasteiger partial charge < -0.3 is 10.1 Å². The highest BCUT2D eigenvalue weighted by Gasteiger charge is 2.15. The molecule has 1 atom stereocenters. The van der Waals surface area contributed by atoms with Gasteiger partial charge in [0.05, 0.1) is 12.6 Å². The second kappa shape index (κ2) is 3.49. The molecule has 64 valence electrons. The second-order valence-corrected chi connectivity index (χ2v) is 2.78. The lowest BCUT2D eigenvalue weighted by molar-refractivity contribution is 0.195. The van der Waals surface area contributed by atoms with Crippen molar-refractivity contribution in [2.75, 3.05) is 18.5 Å². The van der Waals surface area contributed by atoms with Crippen LogP contribution in [0.1, 0.15) is 6.42 Å². The molecule has 4 nitrogen and oxygen atoms in total. The Morgan fingerprint density at radius 1 is 1.42 bits per heavy atom. The summed E-state index contributed by atoms with van der Waals surface area (Å²) in [6.45, 7) is 1.60. The number of hydrogen-bond donors (Lipinski definition) is 1. The molecular formula is C8H11N3O. The van der Waals surface area contributed by atoms with Gasteiger partial charge in [-0.2, -0.15) is 0 Å². The summed E-state index contributed by atoms with van der Waals surface area (Å²) in [6.07, 6.45) is 4.49. The van der Waals surface area contributed by atoms with Crippen LogP contribution in [0.3, 0.4) is 0 Å². The monoisotopic (exact) mass is 165 g/mol. The summed E-state index contributed by atoms with van der Waals surface area (Å²) >= 11 is 0. The lowest BCUT2D eigenvalue weighted by Crippen LogP contribution is -2.20. The van der Waals surface area contributed by atoms with Crippen LogP contribution < -0.4 is 5.32 Å². The standard InChI is InChI=1S/C8H11N3O/c1-3-9-8(10-4-1)11-7-2-5-12-6-7/h1,3-4,7H,2,5-6H2,(H,9,10,11)/t7-/m0/s1. The highest BCUT2D eigenvalue weighted by atomic mass is 16.5. The maximum absolute atomic E-state index is 5.21. The van der Waals surface area contributed by atoms with Crippen molar-refractivity contribution in [2.24, 2.45) is 0 Å². The van der Waals surface area contributed by atoms with Gasteiger partial charge in [0.25, 0.3) is 0 Å². The van der Waals surface area contributed by atoms with Crippen LogP contribution in [-0.4, -0.2) is 29.2 Å². The van der Waals surface area contributed by atoms with Gasteiger partial charge in [-0.1, -0.05) is 0 Å². The van der Waals surface area contributed by atoms with Crippen molar-refractivity contribution in [2.45, 2.75) is 12.5 Å². The van der Waals surface area contributed by atoms with E-state index in [9.17, 15) is 0 Å². The molecule has 0 radical (unpaired) electrons. The Hall–Kier alpha value is -1.16. The predicted molar refractivity (Wildman–Crippen MR) is 44.9 cm³/mol. The molecule has 0 bridgehead atoms. The van der Waals surface area contributed by atoms with Gasteiger partial charge >= 0.3 is 0 Å². The average Bonchev–Trinajstić information content (AvgIpc) is 2.59. The Balaban J connectivity index is 1.94. The summed E-state index contributed by atoms with van der Waals surface area (Å²) in [5.41, 5.74) is 0. The molecular weight excluding hydrogens is 154 g/mol. The zero-order valence-corrected chi connectivity index (χ0v) is 6.73. The molecule has 0 amide bonds. The summed E-state index contributed by atoms with van der Waals surface area (Å²) in [6, 6.07) is 2.18. The number of anilines is 1. The van der Waals surface area contributed by atoms with Crippen LogP contribution in [0.15, 0.2) is 18.5 Å². The number of nitrogens with one attached hydrogen (secondary N) is 1. The Kier molecular flexibility index (Phi) is 2.18. The van der Waals surface area contributed by atoms with Gasteiger partial charge in [0.2, 0.25) is 5.95 Å². The molecule has 1 aromatic heterocycles. The van der Waals surface area contributed by atoms with Crippen LogP contribution in [0, 0.1) is 0 Å². The first-order valence-corrected chi connectivity index (χ1v) is 4.06. The van der Waals surface area contributed by atoms with Gasteiger partial charge in [0.15, 0.2) is 0 Å². The van der Waals surface area contributed by atoms with Crippen molar-refractivity contribution in [3.63, 3.8) is 0 Å². The Morgan fingerprint density at radius 2 is 2.25 bits per heavy atom. The fraction of sp³-hybridized carbons (Fsp3) is 0.500. The third kappa shape index (κ3) is 1.71. The zero-order chi connectivity index (χ0) is 8.23. The second-order valence-electron chi connectivity index (χ2n) is 2.78. The summed E-state index contributed by atoms with van der Waals surface area (Å²) in [7, 11) is 0. The first-order valence-electron chi connectivity index (χ1n) is 4.06. The van der Waals surface area contributed by atoms with E-state index in [4.69, 9.17) is 4.74 Å².